The van der Waals surface area contributed by atoms with Crippen molar-refractivity contribution in [2.24, 2.45) is 5.16 Å². The van der Waals surface area contributed by atoms with Crippen molar-refractivity contribution in [3.63, 3.8) is 0 Å². The number of benzene rings is 2. The molecule has 136 valence electrons. The summed E-state index contributed by atoms with van der Waals surface area (Å²) in [5, 5.41) is 17.7. The van der Waals surface area contributed by atoms with Gasteiger partial charge < -0.3 is 9.94 Å². The Bertz CT molecular complexity index is 889. The summed E-state index contributed by atoms with van der Waals surface area (Å²) in [6, 6.07) is 15.4. The van der Waals surface area contributed by atoms with E-state index in [2.05, 4.69) is 72.6 Å². The molecule has 0 spiro atoms. The number of aliphatic hydroxyl groups excluding tert-OH is 1. The van der Waals surface area contributed by atoms with Gasteiger partial charge in [-0.3, -0.25) is 4.90 Å². The summed E-state index contributed by atoms with van der Waals surface area (Å²) >= 11 is 0. The predicted molar refractivity (Wildman–Crippen MR) is 106 cm³/mol. The van der Waals surface area contributed by atoms with Gasteiger partial charge in [-0.2, -0.15) is 0 Å². The van der Waals surface area contributed by atoms with Crippen molar-refractivity contribution < 1.29 is 9.94 Å². The lowest BCUT2D eigenvalue weighted by molar-refractivity contribution is 0.106. The lowest BCUT2D eigenvalue weighted by Gasteiger charge is -2.42. The van der Waals surface area contributed by atoms with Crippen LogP contribution in [0.4, 0.5) is 0 Å². The normalized spacial score (nSPS) is 29.1. The van der Waals surface area contributed by atoms with Crippen molar-refractivity contribution >= 4 is 22.1 Å². The van der Waals surface area contributed by atoms with Gasteiger partial charge in [-0.25, -0.2) is 0 Å². The number of nitrogens with zero attached hydrogens (tertiary/aromatic N) is 2. The maximum absolute atomic E-state index is 11.0. The fraction of sp³-hybridized carbons (Fsp3) is 0.409. The third kappa shape index (κ3) is 2.48. The summed E-state index contributed by atoms with van der Waals surface area (Å²) in [5.41, 5.74) is 2.82. The zero-order chi connectivity index (χ0) is 18.3. The van der Waals surface area contributed by atoms with Gasteiger partial charge in [-0.05, 0) is 54.3 Å². The number of hydrogen-bond donors (Lipinski definition) is 1. The Balaban J connectivity index is 1.85. The number of likely N-dealkylation sites (N-methyl/N-ethyl adjacent to an activating group) is 1. The van der Waals surface area contributed by atoms with Crippen molar-refractivity contribution in [3.8, 4) is 0 Å². The Hall–Kier alpha value is -2.17. The molecule has 2 aliphatic heterocycles. The fourth-order valence-corrected chi connectivity index (χ4v) is 4.73. The lowest BCUT2D eigenvalue weighted by atomic mass is 9.82. The van der Waals surface area contributed by atoms with Gasteiger partial charge in [-0.1, -0.05) is 54.6 Å². The Kier molecular flexibility index (Phi) is 4.33. The zero-order valence-corrected chi connectivity index (χ0v) is 15.6. The summed E-state index contributed by atoms with van der Waals surface area (Å²) in [6.07, 6.45) is 4.20. The lowest BCUT2D eigenvalue weighted by Crippen LogP contribution is -2.56. The minimum atomic E-state index is -0.575. The molecule has 3 atom stereocenters. The SMILES string of the molecule is CCC(=NOC)[C@]12C=C(c3ccc4ccccc4c3)CC(CC1O)N2C. The molecule has 0 aliphatic carbocycles. The van der Waals surface area contributed by atoms with Crippen LogP contribution >= 0.6 is 0 Å². The summed E-state index contributed by atoms with van der Waals surface area (Å²) in [4.78, 5) is 7.39. The number of hydrogen-bond acceptors (Lipinski definition) is 4. The number of rotatable bonds is 4. The summed E-state index contributed by atoms with van der Waals surface area (Å²) in [6.45, 7) is 2.07. The first kappa shape index (κ1) is 17.3. The third-order valence-electron chi connectivity index (χ3n) is 6.10. The molecule has 2 bridgehead atoms. The molecule has 4 nitrogen and oxygen atoms in total. The second-order valence-electron chi connectivity index (χ2n) is 7.35. The molecule has 26 heavy (non-hydrogen) atoms. The molecule has 0 aromatic heterocycles. The van der Waals surface area contributed by atoms with Crippen LogP contribution in [0, 0.1) is 0 Å². The van der Waals surface area contributed by atoms with E-state index in [0.29, 0.717) is 6.04 Å². The van der Waals surface area contributed by atoms with Crippen LogP contribution in [-0.2, 0) is 4.84 Å². The molecule has 4 rings (SSSR count). The van der Waals surface area contributed by atoms with E-state index in [9.17, 15) is 5.11 Å². The van der Waals surface area contributed by atoms with Crippen molar-refractivity contribution in [2.75, 3.05) is 14.2 Å². The maximum Gasteiger partial charge on any atom is 0.108 e. The average Bonchev–Trinajstić information content (AvgIpc) is 2.81. The second kappa shape index (κ2) is 6.53. The van der Waals surface area contributed by atoms with Gasteiger partial charge in [0.15, 0.2) is 0 Å². The quantitative estimate of drug-likeness (QED) is 0.673. The topological polar surface area (TPSA) is 45.1 Å². The number of oxime groups is 1. The molecule has 0 radical (unpaired) electrons. The van der Waals surface area contributed by atoms with Gasteiger partial charge >= 0.3 is 0 Å². The minimum absolute atomic E-state index is 0.310. The number of fused-ring (bicyclic) bond motifs is 3. The highest BCUT2D eigenvalue weighted by atomic mass is 16.6. The van der Waals surface area contributed by atoms with E-state index in [-0.39, 0.29) is 0 Å². The first-order valence-corrected chi connectivity index (χ1v) is 9.32. The molecule has 1 saturated heterocycles. The minimum Gasteiger partial charge on any atom is -0.399 e. The van der Waals surface area contributed by atoms with E-state index in [1.807, 2.05) is 0 Å². The van der Waals surface area contributed by atoms with Crippen molar-refractivity contribution in [1.82, 2.24) is 4.90 Å². The molecule has 2 unspecified atom stereocenters. The molecule has 2 heterocycles. The molecule has 1 fully saturated rings. The zero-order valence-electron chi connectivity index (χ0n) is 15.6. The summed E-state index contributed by atoms with van der Waals surface area (Å²) < 4.78 is 0. The van der Waals surface area contributed by atoms with Crippen LogP contribution in [0.25, 0.3) is 16.3 Å². The van der Waals surface area contributed by atoms with Gasteiger partial charge in [0.05, 0.1) is 11.8 Å². The van der Waals surface area contributed by atoms with E-state index in [0.717, 1.165) is 25.0 Å². The van der Waals surface area contributed by atoms with Crippen molar-refractivity contribution in [1.29, 1.82) is 0 Å². The van der Waals surface area contributed by atoms with Crippen LogP contribution in [0.15, 0.2) is 53.7 Å². The second-order valence-corrected chi connectivity index (χ2v) is 7.35. The van der Waals surface area contributed by atoms with Crippen LogP contribution in [0.5, 0.6) is 0 Å². The van der Waals surface area contributed by atoms with Gasteiger partial charge in [0.1, 0.15) is 12.6 Å². The highest BCUT2D eigenvalue weighted by Gasteiger charge is 2.55. The van der Waals surface area contributed by atoms with E-state index in [4.69, 9.17) is 4.84 Å². The fourth-order valence-electron chi connectivity index (χ4n) is 4.73. The summed E-state index contributed by atoms with van der Waals surface area (Å²) in [5.74, 6) is 0. The molecule has 2 aromatic rings. The van der Waals surface area contributed by atoms with Crippen LogP contribution in [0.2, 0.25) is 0 Å². The molecular formula is C22H26N2O2. The van der Waals surface area contributed by atoms with Crippen LogP contribution in [0.3, 0.4) is 0 Å². The highest BCUT2D eigenvalue weighted by Crippen LogP contribution is 2.46. The standard InChI is InChI=1S/C22H26N2O2/c1-4-20(23-26-3)22-14-18(12-19(24(22)2)13-21(22)25)17-10-9-15-7-5-6-8-16(15)11-17/h5-11,14,19,21,25H,4,12-13H2,1-3H3/t19?,21?,22-/m1/s1. The summed E-state index contributed by atoms with van der Waals surface area (Å²) in [7, 11) is 3.66. The third-order valence-corrected chi connectivity index (χ3v) is 6.10. The first-order chi connectivity index (χ1) is 12.6. The highest BCUT2D eigenvalue weighted by molar-refractivity contribution is 5.99. The van der Waals surface area contributed by atoms with E-state index in [1.165, 1.54) is 21.9 Å². The molecule has 0 saturated carbocycles. The number of aliphatic hydroxyl groups is 1. The molecule has 1 N–H and O–H groups in total. The van der Waals surface area contributed by atoms with E-state index < -0.39 is 11.6 Å². The Labute approximate surface area is 154 Å². The van der Waals surface area contributed by atoms with Crippen LogP contribution < -0.4 is 0 Å². The monoisotopic (exact) mass is 350 g/mol. The Morgan fingerprint density at radius 2 is 2.04 bits per heavy atom. The van der Waals surface area contributed by atoms with Crippen LogP contribution in [-0.4, -0.2) is 47.6 Å². The van der Waals surface area contributed by atoms with Crippen molar-refractivity contribution in [3.05, 3.63) is 54.1 Å². The molecule has 0 amide bonds. The van der Waals surface area contributed by atoms with Gasteiger partial charge in [0.2, 0.25) is 0 Å². The largest absolute Gasteiger partial charge is 0.399 e. The predicted octanol–water partition coefficient (Wildman–Crippen LogP) is 3.84. The van der Waals surface area contributed by atoms with E-state index in [1.54, 1.807) is 7.11 Å². The van der Waals surface area contributed by atoms with Crippen molar-refractivity contribution in [2.45, 2.75) is 43.9 Å². The van der Waals surface area contributed by atoms with Gasteiger partial charge in [0.25, 0.3) is 0 Å². The average molecular weight is 350 g/mol. The molecule has 2 aliphatic rings. The Morgan fingerprint density at radius 1 is 1.27 bits per heavy atom. The Morgan fingerprint density at radius 3 is 2.77 bits per heavy atom. The first-order valence-electron chi connectivity index (χ1n) is 9.32. The molecule has 2 aromatic carbocycles. The van der Waals surface area contributed by atoms with Crippen LogP contribution in [0.1, 0.15) is 31.7 Å². The van der Waals surface area contributed by atoms with E-state index >= 15 is 0 Å². The van der Waals surface area contributed by atoms with Gasteiger partial charge in [0, 0.05) is 6.04 Å². The van der Waals surface area contributed by atoms with Gasteiger partial charge in [-0.15, -0.1) is 0 Å². The molecular weight excluding hydrogens is 324 g/mol. The maximum atomic E-state index is 11.0. The smallest absolute Gasteiger partial charge is 0.108 e. The molecule has 4 heteroatoms.